The van der Waals surface area contributed by atoms with E-state index in [1.165, 1.54) is 173 Å². The topological polar surface area (TPSA) is 69.6 Å². The van der Waals surface area contributed by atoms with Crippen LogP contribution in [0, 0.1) is 0 Å². The van der Waals surface area contributed by atoms with Gasteiger partial charge < -0.3 is 15.5 Å². The van der Waals surface area contributed by atoms with Crippen LogP contribution in [0.25, 0.3) is 0 Å². The van der Waals surface area contributed by atoms with Crippen LogP contribution in [-0.4, -0.2) is 34.9 Å². The molecule has 0 spiro atoms. The molecule has 81 heavy (non-hydrogen) atoms. The number of allylic oxidation sites excluding steroid dienone is 25. The van der Waals surface area contributed by atoms with Crippen LogP contribution < -0.4 is 5.32 Å². The molecule has 0 heterocycles. The predicted molar refractivity (Wildman–Crippen MR) is 363 cm³/mol. The second-order valence-corrected chi connectivity index (χ2v) is 22.5. The molecule has 0 aromatic heterocycles. The molecule has 4 heteroatoms. The Kier molecular flexibility index (Phi) is 66.8. The number of aliphatic hydroxyl groups excluding tert-OH is 2. The second kappa shape index (κ2) is 70.3. The number of hydrogen-bond acceptors (Lipinski definition) is 3. The Morgan fingerprint density at radius 1 is 0.309 bits per heavy atom. The number of carbonyl (C=O) groups excluding carboxylic acids is 1. The number of unbranched alkanes of at least 4 members (excludes halogenated alkanes) is 30. The van der Waals surface area contributed by atoms with E-state index in [1.807, 2.05) is 6.08 Å². The minimum Gasteiger partial charge on any atom is -0.394 e. The molecule has 0 aliphatic rings. The first-order chi connectivity index (χ1) is 40.2. The second-order valence-electron chi connectivity index (χ2n) is 22.5. The molecule has 0 radical (unpaired) electrons. The Hall–Kier alpha value is -3.99. The molecule has 0 saturated heterocycles. The number of hydrogen-bond donors (Lipinski definition) is 3. The molecule has 0 aliphatic heterocycles. The van der Waals surface area contributed by atoms with E-state index < -0.39 is 12.1 Å². The SMILES string of the molecule is CC/C=C\C/C=C\C/C=C\C/C=C\C/C=C\C/C=C\C/C=C\C/C=C\C/C=C\C/C=C\C/C=C\C/C=C\CCCCC(=O)NC(CO)C(O)/C=C/CCCCCCCCCCCCCCCCCCCCCCCCCCCCCC. The van der Waals surface area contributed by atoms with E-state index in [1.54, 1.807) is 6.08 Å². The summed E-state index contributed by atoms with van der Waals surface area (Å²) in [5.41, 5.74) is 0. The molecule has 0 fully saturated rings. The van der Waals surface area contributed by atoms with Crippen molar-refractivity contribution in [2.45, 2.75) is 315 Å². The highest BCUT2D eigenvalue weighted by Gasteiger charge is 2.18. The molecular formula is C77H129NO3. The Morgan fingerprint density at radius 3 is 0.815 bits per heavy atom. The van der Waals surface area contributed by atoms with Crippen molar-refractivity contribution in [2.75, 3.05) is 6.61 Å². The van der Waals surface area contributed by atoms with Crippen LogP contribution in [0.1, 0.15) is 303 Å². The van der Waals surface area contributed by atoms with Gasteiger partial charge >= 0.3 is 0 Å². The number of rotatable bonds is 61. The van der Waals surface area contributed by atoms with E-state index in [0.717, 1.165) is 109 Å². The van der Waals surface area contributed by atoms with E-state index in [-0.39, 0.29) is 12.5 Å². The Morgan fingerprint density at radius 2 is 0.543 bits per heavy atom. The fourth-order valence-corrected chi connectivity index (χ4v) is 9.63. The maximum absolute atomic E-state index is 12.5. The fraction of sp³-hybridized carbons (Fsp3) is 0.649. The smallest absolute Gasteiger partial charge is 0.220 e. The third kappa shape index (κ3) is 66.7. The van der Waals surface area contributed by atoms with Crippen LogP contribution in [0.3, 0.4) is 0 Å². The molecule has 0 saturated carbocycles. The normalized spacial score (nSPS) is 13.8. The van der Waals surface area contributed by atoms with Crippen molar-refractivity contribution in [3.8, 4) is 0 Å². The van der Waals surface area contributed by atoms with Gasteiger partial charge in [-0.2, -0.15) is 0 Å². The summed E-state index contributed by atoms with van der Waals surface area (Å²) in [6, 6.07) is -0.660. The Balaban J connectivity index is 3.65. The third-order valence-corrected chi connectivity index (χ3v) is 14.8. The first kappa shape index (κ1) is 77.0. The number of carbonyl (C=O) groups is 1. The average Bonchev–Trinajstić information content (AvgIpc) is 3.47. The lowest BCUT2D eigenvalue weighted by Gasteiger charge is -2.19. The van der Waals surface area contributed by atoms with Gasteiger partial charge in [-0.15, -0.1) is 0 Å². The zero-order chi connectivity index (χ0) is 58.4. The highest BCUT2D eigenvalue weighted by atomic mass is 16.3. The molecule has 3 N–H and O–H groups in total. The van der Waals surface area contributed by atoms with E-state index in [0.29, 0.717) is 6.42 Å². The van der Waals surface area contributed by atoms with Crippen molar-refractivity contribution in [2.24, 2.45) is 0 Å². The molecule has 0 aromatic rings. The first-order valence-electron chi connectivity index (χ1n) is 34.2. The van der Waals surface area contributed by atoms with Crippen molar-refractivity contribution in [3.63, 3.8) is 0 Å². The van der Waals surface area contributed by atoms with Crippen molar-refractivity contribution < 1.29 is 15.0 Å². The van der Waals surface area contributed by atoms with Gasteiger partial charge in [0.2, 0.25) is 5.91 Å². The first-order valence-corrected chi connectivity index (χ1v) is 34.2. The largest absolute Gasteiger partial charge is 0.394 e. The third-order valence-electron chi connectivity index (χ3n) is 14.8. The molecule has 0 rings (SSSR count). The average molecular weight is 1120 g/mol. The maximum Gasteiger partial charge on any atom is 0.220 e. The lowest BCUT2D eigenvalue weighted by Crippen LogP contribution is -2.45. The van der Waals surface area contributed by atoms with Crippen LogP contribution in [0.4, 0.5) is 0 Å². The highest BCUT2D eigenvalue weighted by molar-refractivity contribution is 5.76. The van der Waals surface area contributed by atoms with Gasteiger partial charge in [-0.1, -0.05) is 345 Å². The summed E-state index contributed by atoms with van der Waals surface area (Å²) in [6.07, 6.45) is 112. The summed E-state index contributed by atoms with van der Waals surface area (Å²) in [5.74, 6) is -0.109. The van der Waals surface area contributed by atoms with Crippen molar-refractivity contribution in [1.82, 2.24) is 5.32 Å². The Bertz CT molecular complexity index is 1690. The number of amides is 1. The summed E-state index contributed by atoms with van der Waals surface area (Å²) >= 11 is 0. The zero-order valence-corrected chi connectivity index (χ0v) is 53.0. The minimum absolute atomic E-state index is 0.109. The van der Waals surface area contributed by atoms with Crippen molar-refractivity contribution in [3.05, 3.63) is 158 Å². The lowest BCUT2D eigenvalue weighted by atomic mass is 10.0. The number of aliphatic hydroxyl groups is 2. The van der Waals surface area contributed by atoms with Gasteiger partial charge in [0.1, 0.15) is 0 Å². The van der Waals surface area contributed by atoms with Crippen LogP contribution in [-0.2, 0) is 4.79 Å². The van der Waals surface area contributed by atoms with Crippen LogP contribution in [0.5, 0.6) is 0 Å². The monoisotopic (exact) mass is 1120 g/mol. The summed E-state index contributed by atoms with van der Waals surface area (Å²) in [6.45, 7) is 4.19. The molecular weight excluding hydrogens is 987 g/mol. The highest BCUT2D eigenvalue weighted by Crippen LogP contribution is 2.17. The van der Waals surface area contributed by atoms with Gasteiger partial charge in [0.05, 0.1) is 18.8 Å². The standard InChI is InChI=1S/C77H129NO3/c1-3-5-7-9-11-13-15-17-19-21-23-25-27-29-31-33-35-36-37-38-39-40-41-42-43-45-47-49-51-53-55-57-59-61-63-65-67-69-71-73-77(81)78-75(74-79)76(80)72-70-68-66-64-62-60-58-56-54-52-50-48-46-44-34-32-30-28-26-24-22-20-18-16-14-12-10-8-6-4-2/h5,7,11,13,17,19,23,25,29,31,35-36,38-39,41-42,45,47,51,53,57,59,63,65,70,72,75-76,79-80H,3-4,6,8-10,12,14-16,18,20-22,24,26-28,30,32-34,37,40,43-44,46,48-50,52,54-56,58,60-62,64,66-69,71,73-74H2,1-2H3,(H,78,81)/b7-5-,13-11-,19-17-,25-23-,31-29-,36-35-,39-38-,42-41-,47-45-,53-51-,59-57-,65-63-,72-70+. The van der Waals surface area contributed by atoms with Crippen LogP contribution in [0.15, 0.2) is 158 Å². The van der Waals surface area contributed by atoms with Crippen LogP contribution in [0.2, 0.25) is 0 Å². The van der Waals surface area contributed by atoms with E-state index in [2.05, 4.69) is 165 Å². The van der Waals surface area contributed by atoms with Crippen molar-refractivity contribution >= 4 is 5.91 Å². The quantitative estimate of drug-likeness (QED) is 0.0420. The molecule has 1 amide bonds. The zero-order valence-electron chi connectivity index (χ0n) is 53.0. The van der Waals surface area contributed by atoms with Gasteiger partial charge in [-0.25, -0.2) is 0 Å². The predicted octanol–water partition coefficient (Wildman–Crippen LogP) is 23.6. The van der Waals surface area contributed by atoms with Crippen molar-refractivity contribution in [1.29, 1.82) is 0 Å². The van der Waals surface area contributed by atoms with Gasteiger partial charge in [-0.05, 0) is 109 Å². The fourth-order valence-electron chi connectivity index (χ4n) is 9.63. The summed E-state index contributed by atoms with van der Waals surface area (Å²) < 4.78 is 0. The van der Waals surface area contributed by atoms with E-state index in [4.69, 9.17) is 0 Å². The molecule has 0 aromatic carbocycles. The van der Waals surface area contributed by atoms with Crippen LogP contribution >= 0.6 is 0 Å². The minimum atomic E-state index is -0.871. The molecule has 460 valence electrons. The maximum atomic E-state index is 12.5. The van der Waals surface area contributed by atoms with Gasteiger partial charge in [-0.3, -0.25) is 4.79 Å². The van der Waals surface area contributed by atoms with E-state index in [9.17, 15) is 15.0 Å². The summed E-state index contributed by atoms with van der Waals surface area (Å²) in [4.78, 5) is 12.5. The van der Waals surface area contributed by atoms with Gasteiger partial charge in [0, 0.05) is 6.42 Å². The van der Waals surface area contributed by atoms with Gasteiger partial charge in [0.15, 0.2) is 0 Å². The van der Waals surface area contributed by atoms with Gasteiger partial charge in [0.25, 0.3) is 0 Å². The van der Waals surface area contributed by atoms with E-state index >= 15 is 0 Å². The molecule has 0 bridgehead atoms. The molecule has 4 nitrogen and oxygen atoms in total. The lowest BCUT2D eigenvalue weighted by molar-refractivity contribution is -0.123. The summed E-state index contributed by atoms with van der Waals surface area (Å²) in [5, 5.41) is 23.2. The molecule has 2 atom stereocenters. The molecule has 0 aliphatic carbocycles. The summed E-state index contributed by atoms with van der Waals surface area (Å²) in [7, 11) is 0. The molecule has 2 unspecified atom stereocenters. The Labute approximate surface area is 503 Å². The number of nitrogens with one attached hydrogen (secondary N) is 1.